The van der Waals surface area contributed by atoms with Gasteiger partial charge in [-0.15, -0.1) is 0 Å². The molecule has 0 amide bonds. The van der Waals surface area contributed by atoms with E-state index in [-0.39, 0.29) is 6.54 Å². The van der Waals surface area contributed by atoms with Crippen LogP contribution in [0.4, 0.5) is 13.2 Å². The van der Waals surface area contributed by atoms with Gasteiger partial charge >= 0.3 is 6.18 Å². The highest BCUT2D eigenvalue weighted by Gasteiger charge is 2.24. The molecule has 0 aliphatic carbocycles. The molecule has 0 aromatic rings. The fourth-order valence-corrected chi connectivity index (χ4v) is 0.775. The average molecular weight is 191 g/mol. The number of allylic oxidation sites excluding steroid dienone is 2. The lowest BCUT2D eigenvalue weighted by molar-refractivity contribution is -0.125. The highest BCUT2D eigenvalue weighted by Crippen LogP contribution is 2.21. The lowest BCUT2D eigenvalue weighted by Gasteiger charge is -2.02. The molecule has 0 atom stereocenters. The Morgan fingerprint density at radius 1 is 1.46 bits per heavy atom. The first-order chi connectivity index (χ1) is 5.99. The van der Waals surface area contributed by atoms with Gasteiger partial charge in [-0.3, -0.25) is 4.99 Å². The van der Waals surface area contributed by atoms with Crippen LogP contribution in [-0.4, -0.2) is 19.4 Å². The third kappa shape index (κ3) is 7.31. The van der Waals surface area contributed by atoms with Crippen molar-refractivity contribution < 1.29 is 13.2 Å². The van der Waals surface area contributed by atoms with E-state index in [0.29, 0.717) is 5.57 Å². The van der Waals surface area contributed by atoms with Crippen molar-refractivity contribution >= 4 is 6.72 Å². The zero-order valence-corrected chi connectivity index (χ0v) is 7.43. The van der Waals surface area contributed by atoms with Gasteiger partial charge in [-0.1, -0.05) is 18.2 Å². The molecule has 0 heterocycles. The summed E-state index contributed by atoms with van der Waals surface area (Å²) in [4.78, 5) is 3.52. The van der Waals surface area contributed by atoms with E-state index in [2.05, 4.69) is 11.7 Å². The Bertz CT molecular complexity index is 213. The molecule has 74 valence electrons. The topological polar surface area (TPSA) is 12.4 Å². The molecule has 4 heteroatoms. The van der Waals surface area contributed by atoms with Crippen molar-refractivity contribution in [1.29, 1.82) is 0 Å². The molecular weight excluding hydrogens is 179 g/mol. The average Bonchev–Trinajstić information content (AvgIpc) is 2.00. The van der Waals surface area contributed by atoms with Crippen molar-refractivity contribution in [3.63, 3.8) is 0 Å². The SMILES string of the molecule is C=NCC(/C=C\C)=C/CC(F)(F)F. The van der Waals surface area contributed by atoms with Crippen LogP contribution < -0.4 is 0 Å². The van der Waals surface area contributed by atoms with E-state index in [9.17, 15) is 13.2 Å². The second-order valence-electron chi connectivity index (χ2n) is 2.48. The summed E-state index contributed by atoms with van der Waals surface area (Å²) in [5.41, 5.74) is 0.537. The molecule has 0 spiro atoms. The van der Waals surface area contributed by atoms with Gasteiger partial charge in [0.25, 0.3) is 0 Å². The first-order valence-electron chi connectivity index (χ1n) is 3.80. The molecule has 0 N–H and O–H groups in total. The van der Waals surface area contributed by atoms with Crippen LogP contribution in [0.3, 0.4) is 0 Å². The largest absolute Gasteiger partial charge is 0.392 e. The number of aliphatic imine (C=N–C) groups is 1. The first-order valence-corrected chi connectivity index (χ1v) is 3.80. The zero-order valence-electron chi connectivity index (χ0n) is 7.43. The van der Waals surface area contributed by atoms with Crippen LogP contribution in [0.5, 0.6) is 0 Å². The second-order valence-corrected chi connectivity index (χ2v) is 2.48. The molecule has 0 saturated carbocycles. The maximum Gasteiger partial charge on any atom is 0.392 e. The van der Waals surface area contributed by atoms with Gasteiger partial charge in [0.1, 0.15) is 0 Å². The van der Waals surface area contributed by atoms with Gasteiger partial charge in [0.2, 0.25) is 0 Å². The normalized spacial score (nSPS) is 13.7. The lowest BCUT2D eigenvalue weighted by atomic mass is 10.2. The number of hydrogen-bond donors (Lipinski definition) is 0. The molecule has 0 aliphatic heterocycles. The molecule has 0 aromatic heterocycles. The number of halogens is 3. The summed E-state index contributed by atoms with van der Waals surface area (Å²) in [5.74, 6) is 0. The van der Waals surface area contributed by atoms with E-state index < -0.39 is 12.6 Å². The predicted molar refractivity (Wildman–Crippen MR) is 48.0 cm³/mol. The van der Waals surface area contributed by atoms with Crippen LogP contribution in [0.15, 0.2) is 28.8 Å². The monoisotopic (exact) mass is 191 g/mol. The van der Waals surface area contributed by atoms with Crippen LogP contribution in [0.25, 0.3) is 0 Å². The Labute approximate surface area is 75.7 Å². The number of rotatable bonds is 4. The van der Waals surface area contributed by atoms with Gasteiger partial charge < -0.3 is 0 Å². The third-order valence-corrected chi connectivity index (χ3v) is 1.27. The molecule has 0 saturated heterocycles. The van der Waals surface area contributed by atoms with Crippen molar-refractivity contribution in [3.05, 3.63) is 23.8 Å². The molecule has 0 bridgehead atoms. The quantitative estimate of drug-likeness (QED) is 0.478. The molecule has 0 fully saturated rings. The molecule has 1 nitrogen and oxygen atoms in total. The zero-order chi connectivity index (χ0) is 10.3. The maximum absolute atomic E-state index is 11.8. The van der Waals surface area contributed by atoms with Gasteiger partial charge in [0.05, 0.1) is 13.0 Å². The van der Waals surface area contributed by atoms with Crippen molar-refractivity contribution in [3.8, 4) is 0 Å². The molecule has 0 unspecified atom stereocenters. The minimum atomic E-state index is -4.14. The van der Waals surface area contributed by atoms with Gasteiger partial charge in [0.15, 0.2) is 0 Å². The number of hydrogen-bond acceptors (Lipinski definition) is 1. The van der Waals surface area contributed by atoms with Crippen LogP contribution in [0, 0.1) is 0 Å². The lowest BCUT2D eigenvalue weighted by Crippen LogP contribution is -2.05. The van der Waals surface area contributed by atoms with Gasteiger partial charge in [0, 0.05) is 0 Å². The van der Waals surface area contributed by atoms with Gasteiger partial charge in [-0.2, -0.15) is 13.2 Å². The Balaban J connectivity index is 4.27. The van der Waals surface area contributed by atoms with E-state index in [1.54, 1.807) is 19.1 Å². The summed E-state index contributed by atoms with van der Waals surface area (Å²) in [6.07, 6.45) is -0.668. The van der Waals surface area contributed by atoms with Crippen molar-refractivity contribution in [1.82, 2.24) is 0 Å². The molecule has 0 aromatic carbocycles. The Morgan fingerprint density at radius 3 is 2.46 bits per heavy atom. The Hall–Kier alpha value is -1.06. The van der Waals surface area contributed by atoms with Crippen LogP contribution in [0.1, 0.15) is 13.3 Å². The maximum atomic E-state index is 11.8. The minimum Gasteiger partial charge on any atom is -0.296 e. The number of nitrogens with zero attached hydrogens (tertiary/aromatic N) is 1. The molecule has 0 aliphatic rings. The summed E-state index contributed by atoms with van der Waals surface area (Å²) in [5, 5.41) is 0. The van der Waals surface area contributed by atoms with E-state index >= 15 is 0 Å². The van der Waals surface area contributed by atoms with Crippen molar-refractivity contribution in [2.45, 2.75) is 19.5 Å². The van der Waals surface area contributed by atoms with Crippen LogP contribution >= 0.6 is 0 Å². The van der Waals surface area contributed by atoms with Gasteiger partial charge in [-0.25, -0.2) is 0 Å². The molecule has 0 rings (SSSR count). The summed E-state index contributed by atoms with van der Waals surface area (Å²) in [6.45, 7) is 5.18. The minimum absolute atomic E-state index is 0.223. The standard InChI is InChI=1S/C9H12F3N/c1-3-4-8(7-13-2)5-6-9(10,11)12/h3-5H,2,6-7H2,1H3/b4-3-,8-5+. The second kappa shape index (κ2) is 5.56. The molecular formula is C9H12F3N. The summed E-state index contributed by atoms with van der Waals surface area (Å²) >= 11 is 0. The van der Waals surface area contributed by atoms with Crippen LogP contribution in [0.2, 0.25) is 0 Å². The highest BCUT2D eigenvalue weighted by molar-refractivity contribution is 5.28. The highest BCUT2D eigenvalue weighted by atomic mass is 19.4. The van der Waals surface area contributed by atoms with E-state index in [1.165, 1.54) is 0 Å². The fourth-order valence-electron chi connectivity index (χ4n) is 0.775. The van der Waals surface area contributed by atoms with E-state index in [0.717, 1.165) is 6.08 Å². The predicted octanol–water partition coefficient (Wildman–Crippen LogP) is 3.14. The first kappa shape index (κ1) is 11.9. The summed E-state index contributed by atoms with van der Waals surface area (Å²) in [6, 6.07) is 0. The summed E-state index contributed by atoms with van der Waals surface area (Å²) < 4.78 is 35.3. The molecule has 0 radical (unpaired) electrons. The number of alkyl halides is 3. The Kier molecular flexibility index (Phi) is 5.11. The van der Waals surface area contributed by atoms with E-state index in [4.69, 9.17) is 0 Å². The van der Waals surface area contributed by atoms with Crippen molar-refractivity contribution in [2.24, 2.45) is 4.99 Å². The van der Waals surface area contributed by atoms with Crippen LogP contribution in [-0.2, 0) is 0 Å². The van der Waals surface area contributed by atoms with Crippen molar-refractivity contribution in [2.75, 3.05) is 6.54 Å². The van der Waals surface area contributed by atoms with Gasteiger partial charge in [-0.05, 0) is 19.2 Å². The molecule has 13 heavy (non-hydrogen) atoms. The third-order valence-electron chi connectivity index (χ3n) is 1.27. The smallest absolute Gasteiger partial charge is 0.296 e. The Morgan fingerprint density at radius 2 is 2.08 bits per heavy atom. The van der Waals surface area contributed by atoms with E-state index in [1.807, 2.05) is 0 Å². The summed E-state index contributed by atoms with van der Waals surface area (Å²) in [7, 11) is 0. The fraction of sp³-hybridized carbons (Fsp3) is 0.444.